The fourth-order valence-corrected chi connectivity index (χ4v) is 2.97. The van der Waals surface area contributed by atoms with Gasteiger partial charge in [0.1, 0.15) is 12.3 Å². The summed E-state index contributed by atoms with van der Waals surface area (Å²) in [5, 5.41) is 0. The lowest BCUT2D eigenvalue weighted by molar-refractivity contribution is -0.142. The van der Waals surface area contributed by atoms with E-state index in [1.165, 1.54) is 4.90 Å². The fraction of sp³-hybridized carbons (Fsp3) is 0.529. The zero-order valence-electron chi connectivity index (χ0n) is 13.5. The van der Waals surface area contributed by atoms with Crippen molar-refractivity contribution in [3.8, 4) is 5.75 Å². The Labute approximate surface area is 136 Å². The molecule has 2 aliphatic heterocycles. The van der Waals surface area contributed by atoms with Gasteiger partial charge in [-0.3, -0.25) is 14.5 Å². The lowest BCUT2D eigenvalue weighted by Gasteiger charge is -2.37. The molecule has 1 aromatic carbocycles. The highest BCUT2D eigenvalue weighted by Gasteiger charge is 2.31. The molecule has 3 rings (SSSR count). The van der Waals surface area contributed by atoms with Crippen molar-refractivity contribution in [2.45, 2.75) is 32.4 Å². The van der Waals surface area contributed by atoms with E-state index in [0.717, 1.165) is 0 Å². The van der Waals surface area contributed by atoms with Gasteiger partial charge >= 0.3 is 0 Å². The van der Waals surface area contributed by atoms with Crippen molar-refractivity contribution < 1.29 is 19.1 Å². The van der Waals surface area contributed by atoms with E-state index in [-0.39, 0.29) is 36.9 Å². The first-order valence-electron chi connectivity index (χ1n) is 7.99. The third-order valence-corrected chi connectivity index (χ3v) is 4.25. The van der Waals surface area contributed by atoms with Crippen LogP contribution in [0.3, 0.4) is 0 Å². The van der Waals surface area contributed by atoms with Crippen LogP contribution in [0, 0.1) is 0 Å². The Bertz CT molecular complexity index is 604. The number of morpholine rings is 1. The molecular formula is C17H22N2O4. The van der Waals surface area contributed by atoms with Gasteiger partial charge in [0.25, 0.3) is 0 Å². The molecule has 1 saturated heterocycles. The van der Waals surface area contributed by atoms with Crippen molar-refractivity contribution in [1.29, 1.82) is 0 Å². The van der Waals surface area contributed by atoms with Gasteiger partial charge in [-0.25, -0.2) is 0 Å². The average Bonchev–Trinajstić information content (AvgIpc) is 2.69. The number of nitrogens with zero attached hydrogens (tertiary/aromatic N) is 2. The molecule has 0 spiro atoms. The van der Waals surface area contributed by atoms with Crippen molar-refractivity contribution in [2.24, 2.45) is 0 Å². The van der Waals surface area contributed by atoms with Gasteiger partial charge in [-0.15, -0.1) is 0 Å². The van der Waals surface area contributed by atoms with Crippen molar-refractivity contribution in [1.82, 2.24) is 4.90 Å². The smallest absolute Gasteiger partial charge is 0.243 e. The summed E-state index contributed by atoms with van der Waals surface area (Å²) in [5.41, 5.74) is 0.664. The van der Waals surface area contributed by atoms with E-state index in [2.05, 4.69) is 0 Å². The van der Waals surface area contributed by atoms with Crippen LogP contribution < -0.4 is 9.64 Å². The summed E-state index contributed by atoms with van der Waals surface area (Å²) in [6.45, 7) is 5.37. The zero-order valence-corrected chi connectivity index (χ0v) is 13.5. The van der Waals surface area contributed by atoms with Gasteiger partial charge < -0.3 is 14.4 Å². The number of para-hydroxylation sites is 2. The first kappa shape index (κ1) is 15.8. The number of hydrogen-bond acceptors (Lipinski definition) is 4. The molecule has 0 bridgehead atoms. The van der Waals surface area contributed by atoms with Crippen LogP contribution in [0.1, 0.15) is 20.3 Å². The maximum Gasteiger partial charge on any atom is 0.243 e. The Morgan fingerprint density at radius 3 is 2.91 bits per heavy atom. The number of hydrogen-bond donors (Lipinski definition) is 0. The van der Waals surface area contributed by atoms with Crippen molar-refractivity contribution in [2.75, 3.05) is 31.2 Å². The summed E-state index contributed by atoms with van der Waals surface area (Å²) >= 11 is 0. The molecule has 0 saturated carbocycles. The van der Waals surface area contributed by atoms with Crippen LogP contribution >= 0.6 is 0 Å². The topological polar surface area (TPSA) is 59.1 Å². The lowest BCUT2D eigenvalue weighted by atomic mass is 10.2. The Morgan fingerprint density at radius 2 is 2.09 bits per heavy atom. The molecule has 0 N–H and O–H groups in total. The number of fused-ring (bicyclic) bond motifs is 1. The predicted molar refractivity (Wildman–Crippen MR) is 85.5 cm³/mol. The molecule has 0 aromatic heterocycles. The van der Waals surface area contributed by atoms with Gasteiger partial charge in [0.05, 0.1) is 37.5 Å². The maximum atomic E-state index is 12.7. The number of anilines is 1. The van der Waals surface area contributed by atoms with Crippen LogP contribution in [-0.4, -0.2) is 55.2 Å². The Morgan fingerprint density at radius 1 is 1.30 bits per heavy atom. The summed E-state index contributed by atoms with van der Waals surface area (Å²) in [4.78, 5) is 28.5. The van der Waals surface area contributed by atoms with E-state index in [4.69, 9.17) is 9.47 Å². The highest BCUT2D eigenvalue weighted by Crippen LogP contribution is 2.31. The van der Waals surface area contributed by atoms with Crippen molar-refractivity contribution >= 4 is 17.5 Å². The van der Waals surface area contributed by atoms with Crippen LogP contribution in [0.5, 0.6) is 5.75 Å². The van der Waals surface area contributed by atoms with E-state index in [0.29, 0.717) is 31.2 Å². The molecule has 124 valence electrons. The molecule has 2 heterocycles. The molecular weight excluding hydrogens is 296 g/mol. The maximum absolute atomic E-state index is 12.7. The van der Waals surface area contributed by atoms with Crippen LogP contribution in [0.2, 0.25) is 0 Å². The van der Waals surface area contributed by atoms with Crippen LogP contribution in [0.15, 0.2) is 24.3 Å². The average molecular weight is 318 g/mol. The number of benzene rings is 1. The lowest BCUT2D eigenvalue weighted by Crippen LogP contribution is -2.53. The van der Waals surface area contributed by atoms with Gasteiger partial charge in [-0.05, 0) is 26.0 Å². The number of rotatable bonds is 2. The first-order chi connectivity index (χ1) is 11.1. The van der Waals surface area contributed by atoms with E-state index in [1.54, 1.807) is 4.90 Å². The second-order valence-corrected chi connectivity index (χ2v) is 6.09. The van der Waals surface area contributed by atoms with Gasteiger partial charge in [0.2, 0.25) is 11.8 Å². The molecule has 6 heteroatoms. The largest absolute Gasteiger partial charge is 0.491 e. The predicted octanol–water partition coefficient (Wildman–Crippen LogP) is 1.44. The third-order valence-electron chi connectivity index (χ3n) is 4.25. The third kappa shape index (κ3) is 3.32. The molecule has 6 nitrogen and oxygen atoms in total. The molecule has 1 aromatic rings. The second-order valence-electron chi connectivity index (χ2n) is 6.09. The molecule has 2 aliphatic rings. The van der Waals surface area contributed by atoms with E-state index < -0.39 is 0 Å². The Kier molecular flexibility index (Phi) is 4.52. The number of ether oxygens (including phenoxy) is 2. The van der Waals surface area contributed by atoms with E-state index in [1.807, 2.05) is 38.1 Å². The fourth-order valence-electron chi connectivity index (χ4n) is 2.97. The summed E-state index contributed by atoms with van der Waals surface area (Å²) in [6, 6.07) is 7.37. The molecule has 0 aliphatic carbocycles. The van der Waals surface area contributed by atoms with Crippen LogP contribution in [0.25, 0.3) is 0 Å². The van der Waals surface area contributed by atoms with E-state index in [9.17, 15) is 9.59 Å². The normalized spacial score (nSPS) is 24.7. The highest BCUT2D eigenvalue weighted by atomic mass is 16.5. The van der Waals surface area contributed by atoms with Crippen LogP contribution in [0.4, 0.5) is 5.69 Å². The summed E-state index contributed by atoms with van der Waals surface area (Å²) < 4.78 is 11.2. The second kappa shape index (κ2) is 6.58. The minimum absolute atomic E-state index is 0.0191. The Hall–Kier alpha value is -2.08. The highest BCUT2D eigenvalue weighted by molar-refractivity contribution is 6.00. The summed E-state index contributed by atoms with van der Waals surface area (Å²) in [6.07, 6.45) is 0.294. The number of carbonyl (C=O) groups is 2. The summed E-state index contributed by atoms with van der Waals surface area (Å²) in [7, 11) is 0. The summed E-state index contributed by atoms with van der Waals surface area (Å²) in [5.74, 6) is 0.504. The van der Waals surface area contributed by atoms with Gasteiger partial charge in [-0.2, -0.15) is 0 Å². The molecule has 0 radical (unpaired) electrons. The minimum atomic E-state index is -0.0859. The zero-order chi connectivity index (χ0) is 16.4. The monoisotopic (exact) mass is 318 g/mol. The van der Waals surface area contributed by atoms with Crippen molar-refractivity contribution in [3.05, 3.63) is 24.3 Å². The SMILES string of the molecule is C[C@@H]1CO[C@@H](C)CN1C(=O)CN1C(=O)CCOc2ccccc21. The quantitative estimate of drug-likeness (QED) is 0.828. The van der Waals surface area contributed by atoms with Gasteiger partial charge in [0.15, 0.2) is 0 Å². The van der Waals surface area contributed by atoms with Crippen LogP contribution in [-0.2, 0) is 14.3 Å². The van der Waals surface area contributed by atoms with Gasteiger partial charge in [0, 0.05) is 6.54 Å². The molecule has 2 amide bonds. The molecule has 0 unspecified atom stereocenters. The molecule has 1 fully saturated rings. The van der Waals surface area contributed by atoms with Gasteiger partial charge in [-0.1, -0.05) is 12.1 Å². The first-order valence-corrected chi connectivity index (χ1v) is 7.99. The molecule has 2 atom stereocenters. The molecule has 23 heavy (non-hydrogen) atoms. The van der Waals surface area contributed by atoms with Crippen molar-refractivity contribution in [3.63, 3.8) is 0 Å². The van der Waals surface area contributed by atoms with E-state index >= 15 is 0 Å². The Balaban J connectivity index is 1.80. The standard InChI is InChI=1S/C17H22N2O4/c1-12-11-23-13(2)9-18(12)17(21)10-19-14-5-3-4-6-15(14)22-8-7-16(19)20/h3-6,12-13H,7-11H2,1-2H3/t12-,13+/m1/s1. The number of amides is 2. The number of carbonyl (C=O) groups excluding carboxylic acids is 2. The minimum Gasteiger partial charge on any atom is -0.491 e.